The summed E-state index contributed by atoms with van der Waals surface area (Å²) < 4.78 is 16.3. The number of hydrogen-bond acceptors (Lipinski definition) is 5. The maximum atomic E-state index is 11.3. The van der Waals surface area contributed by atoms with Gasteiger partial charge in [-0.25, -0.2) is 4.79 Å². The van der Waals surface area contributed by atoms with Crippen molar-refractivity contribution in [1.82, 2.24) is 5.32 Å². The number of fused-ring (bicyclic) bond motifs is 3. The Balaban J connectivity index is 1.81. The molecule has 2 N–H and O–H groups in total. The zero-order chi connectivity index (χ0) is 13.8. The summed E-state index contributed by atoms with van der Waals surface area (Å²) in [7, 11) is 1.47. The number of carbonyl (C=O) groups is 2. The van der Waals surface area contributed by atoms with Crippen LogP contribution in [0.2, 0.25) is 0 Å². The molecular weight excluding hydrogens is 254 g/mol. The molecule has 7 nitrogen and oxygen atoms in total. The Morgan fingerprint density at radius 2 is 2.21 bits per heavy atom. The number of aliphatic carboxylic acids is 1. The third-order valence-electron chi connectivity index (χ3n) is 4.58. The molecule has 0 spiro atoms. The number of hydrogen-bond donors (Lipinski definition) is 2. The summed E-state index contributed by atoms with van der Waals surface area (Å²) in [6.07, 6.45) is -0.570. The predicted molar refractivity (Wildman–Crippen MR) is 61.3 cm³/mol. The third kappa shape index (κ3) is 1.80. The average molecular weight is 271 g/mol. The largest absolute Gasteiger partial charge is 0.481 e. The van der Waals surface area contributed by atoms with Gasteiger partial charge in [0.15, 0.2) is 0 Å². The molecule has 2 heterocycles. The first-order valence-corrected chi connectivity index (χ1v) is 6.38. The number of amides is 1. The molecule has 1 saturated carbocycles. The van der Waals surface area contributed by atoms with E-state index in [1.807, 2.05) is 6.92 Å². The van der Waals surface area contributed by atoms with Crippen molar-refractivity contribution in [2.45, 2.75) is 31.3 Å². The molecule has 6 atom stereocenters. The molecule has 0 aromatic carbocycles. The molecule has 2 saturated heterocycles. The standard InChI is InChI=1S/C12H17NO6/c1-12-7(19-12)3-5-6(9(14)15)4-17-10(8(5)12)18-11(16)13-2/h5-8,10H,3-4H2,1-2H3,(H,13,16)(H,14,15). The van der Waals surface area contributed by atoms with E-state index in [1.54, 1.807) is 0 Å². The summed E-state index contributed by atoms with van der Waals surface area (Å²) in [5.74, 6) is -1.70. The van der Waals surface area contributed by atoms with E-state index in [0.29, 0.717) is 6.42 Å². The molecule has 0 aromatic rings. The minimum absolute atomic E-state index is 0.0573. The van der Waals surface area contributed by atoms with Crippen molar-refractivity contribution in [3.05, 3.63) is 0 Å². The number of carbonyl (C=O) groups excluding carboxylic acids is 1. The van der Waals surface area contributed by atoms with E-state index in [1.165, 1.54) is 7.05 Å². The van der Waals surface area contributed by atoms with E-state index in [0.717, 1.165) is 0 Å². The molecule has 0 radical (unpaired) electrons. The highest BCUT2D eigenvalue weighted by molar-refractivity contribution is 5.71. The minimum atomic E-state index is -0.863. The van der Waals surface area contributed by atoms with Crippen molar-refractivity contribution >= 4 is 12.1 Å². The lowest BCUT2D eigenvalue weighted by Gasteiger charge is -2.39. The van der Waals surface area contributed by atoms with Gasteiger partial charge in [0, 0.05) is 7.05 Å². The van der Waals surface area contributed by atoms with Crippen molar-refractivity contribution in [2.24, 2.45) is 17.8 Å². The number of epoxide rings is 1. The molecule has 1 amide bonds. The van der Waals surface area contributed by atoms with Crippen LogP contribution in [0.5, 0.6) is 0 Å². The summed E-state index contributed by atoms with van der Waals surface area (Å²) in [5.41, 5.74) is -0.419. The van der Waals surface area contributed by atoms with Gasteiger partial charge in [0.2, 0.25) is 6.29 Å². The summed E-state index contributed by atoms with van der Waals surface area (Å²) in [6.45, 7) is 2.00. The van der Waals surface area contributed by atoms with Gasteiger partial charge < -0.3 is 24.6 Å². The number of carboxylic acid groups (broad SMARTS) is 1. The lowest BCUT2D eigenvalue weighted by Crippen LogP contribution is -2.50. The van der Waals surface area contributed by atoms with Crippen LogP contribution < -0.4 is 5.32 Å². The average Bonchev–Trinajstić information content (AvgIpc) is 2.91. The van der Waals surface area contributed by atoms with Crippen LogP contribution >= 0.6 is 0 Å². The minimum Gasteiger partial charge on any atom is -0.481 e. The van der Waals surface area contributed by atoms with Crippen molar-refractivity contribution in [3.63, 3.8) is 0 Å². The molecule has 19 heavy (non-hydrogen) atoms. The molecule has 106 valence electrons. The lowest BCUT2D eigenvalue weighted by atomic mass is 9.78. The Labute approximate surface area is 110 Å². The quantitative estimate of drug-likeness (QED) is 0.696. The normalized spacial score (nSPS) is 46.9. The van der Waals surface area contributed by atoms with Crippen molar-refractivity contribution < 1.29 is 28.9 Å². The highest BCUT2D eigenvalue weighted by Crippen LogP contribution is 2.61. The van der Waals surface area contributed by atoms with Gasteiger partial charge in [-0.05, 0) is 19.3 Å². The zero-order valence-corrected chi connectivity index (χ0v) is 10.8. The maximum Gasteiger partial charge on any atom is 0.409 e. The van der Waals surface area contributed by atoms with Gasteiger partial charge in [-0.3, -0.25) is 4.79 Å². The van der Waals surface area contributed by atoms with Crippen molar-refractivity contribution in [2.75, 3.05) is 13.7 Å². The van der Waals surface area contributed by atoms with Crippen LogP contribution in [-0.4, -0.2) is 48.8 Å². The Bertz CT molecular complexity index is 426. The fourth-order valence-electron chi connectivity index (χ4n) is 3.51. The van der Waals surface area contributed by atoms with Crippen LogP contribution in [0.1, 0.15) is 13.3 Å². The van der Waals surface area contributed by atoms with Gasteiger partial charge in [-0.15, -0.1) is 0 Å². The van der Waals surface area contributed by atoms with E-state index in [4.69, 9.17) is 14.2 Å². The van der Waals surface area contributed by atoms with Gasteiger partial charge in [-0.2, -0.15) is 0 Å². The lowest BCUT2D eigenvalue weighted by molar-refractivity contribution is -0.213. The second-order valence-corrected chi connectivity index (χ2v) is 5.52. The molecule has 3 aliphatic rings. The van der Waals surface area contributed by atoms with Crippen LogP contribution in [0.3, 0.4) is 0 Å². The molecule has 1 aliphatic carbocycles. The first kappa shape index (κ1) is 12.7. The fourth-order valence-corrected chi connectivity index (χ4v) is 3.51. The van der Waals surface area contributed by atoms with Gasteiger partial charge in [0.25, 0.3) is 0 Å². The monoisotopic (exact) mass is 271 g/mol. The Morgan fingerprint density at radius 3 is 2.84 bits per heavy atom. The SMILES string of the molecule is CNC(=O)OC1OCC(C(=O)O)C2CC3OC3(C)C12. The van der Waals surface area contributed by atoms with Crippen LogP contribution in [0.25, 0.3) is 0 Å². The molecule has 2 aliphatic heterocycles. The molecule has 0 bridgehead atoms. The smallest absolute Gasteiger partial charge is 0.409 e. The van der Waals surface area contributed by atoms with E-state index in [-0.39, 0.29) is 24.5 Å². The van der Waals surface area contributed by atoms with Crippen LogP contribution in [-0.2, 0) is 19.0 Å². The predicted octanol–water partition coefficient (Wildman–Crippen LogP) is 0.193. The van der Waals surface area contributed by atoms with E-state index < -0.39 is 29.9 Å². The third-order valence-corrected chi connectivity index (χ3v) is 4.58. The highest BCUT2D eigenvalue weighted by atomic mass is 16.7. The zero-order valence-electron chi connectivity index (χ0n) is 10.8. The number of nitrogens with one attached hydrogen (secondary N) is 1. The molecule has 3 rings (SSSR count). The second kappa shape index (κ2) is 4.08. The number of carboxylic acids is 1. The Morgan fingerprint density at radius 1 is 1.47 bits per heavy atom. The van der Waals surface area contributed by atoms with Crippen molar-refractivity contribution in [3.8, 4) is 0 Å². The Hall–Kier alpha value is -1.34. The van der Waals surface area contributed by atoms with E-state index in [9.17, 15) is 14.7 Å². The summed E-state index contributed by atoms with van der Waals surface area (Å²) in [6, 6.07) is 0. The van der Waals surface area contributed by atoms with Gasteiger partial charge in [0.05, 0.1) is 24.5 Å². The second-order valence-electron chi connectivity index (χ2n) is 5.52. The van der Waals surface area contributed by atoms with Gasteiger partial charge in [-0.1, -0.05) is 0 Å². The molecule has 0 aromatic heterocycles. The van der Waals surface area contributed by atoms with Crippen LogP contribution in [0, 0.1) is 17.8 Å². The molecular formula is C12H17NO6. The van der Waals surface area contributed by atoms with Gasteiger partial charge >= 0.3 is 12.1 Å². The van der Waals surface area contributed by atoms with E-state index in [2.05, 4.69) is 5.32 Å². The van der Waals surface area contributed by atoms with Gasteiger partial charge in [0.1, 0.15) is 5.60 Å². The maximum absolute atomic E-state index is 11.3. The summed E-state index contributed by atoms with van der Waals surface area (Å²) in [5, 5.41) is 11.6. The molecule has 6 unspecified atom stereocenters. The van der Waals surface area contributed by atoms with E-state index >= 15 is 0 Å². The number of ether oxygens (including phenoxy) is 3. The molecule has 7 heteroatoms. The molecule has 3 fully saturated rings. The van der Waals surface area contributed by atoms with Crippen molar-refractivity contribution in [1.29, 1.82) is 0 Å². The first-order valence-electron chi connectivity index (χ1n) is 6.38. The number of rotatable bonds is 2. The van der Waals surface area contributed by atoms with Crippen LogP contribution in [0.15, 0.2) is 0 Å². The van der Waals surface area contributed by atoms with Crippen LogP contribution in [0.4, 0.5) is 4.79 Å². The topological polar surface area (TPSA) is 97.4 Å². The highest BCUT2D eigenvalue weighted by Gasteiger charge is 2.71. The summed E-state index contributed by atoms with van der Waals surface area (Å²) in [4.78, 5) is 22.6. The first-order chi connectivity index (χ1) is 8.97. The summed E-state index contributed by atoms with van der Waals surface area (Å²) >= 11 is 0. The fraction of sp³-hybridized carbons (Fsp3) is 0.833. The Kier molecular flexibility index (Phi) is 2.72. The number of alkyl carbamates (subject to hydrolysis) is 1.